The Hall–Kier alpha value is 0.390. The Labute approximate surface area is 114 Å². The number of hydrogen-bond donors (Lipinski definition) is 1. The molecule has 1 aliphatic heterocycles. The van der Waals surface area contributed by atoms with Gasteiger partial charge in [0.2, 0.25) is 5.91 Å². The first-order valence-electron chi connectivity index (χ1n) is 5.69. The Morgan fingerprint density at radius 1 is 1.50 bits per heavy atom. The molecule has 1 atom stereocenters. The van der Waals surface area contributed by atoms with Gasteiger partial charge >= 0.3 is 0 Å². The molecule has 0 spiro atoms. The summed E-state index contributed by atoms with van der Waals surface area (Å²) in [5.41, 5.74) is -0.172. The molecule has 0 aromatic heterocycles. The van der Waals surface area contributed by atoms with Crippen LogP contribution in [0.2, 0.25) is 0 Å². The molecule has 0 radical (unpaired) electrons. The van der Waals surface area contributed by atoms with Gasteiger partial charge in [0.25, 0.3) is 0 Å². The monoisotopic (exact) mass is 355 g/mol. The van der Waals surface area contributed by atoms with E-state index >= 15 is 0 Å². The molecule has 1 heterocycles. The van der Waals surface area contributed by atoms with Crippen LogP contribution in [-0.4, -0.2) is 35.3 Å². The molecule has 0 aromatic carbocycles. The molecule has 3 nitrogen and oxygen atoms in total. The molecule has 1 saturated heterocycles. The van der Waals surface area contributed by atoms with E-state index in [1.165, 1.54) is 0 Å². The van der Waals surface area contributed by atoms with E-state index in [9.17, 15) is 4.79 Å². The predicted octanol–water partition coefficient (Wildman–Crippen LogP) is 2.47. The second-order valence-corrected chi connectivity index (χ2v) is 5.43. The average Bonchev–Trinajstić information content (AvgIpc) is 2.37. The number of ether oxygens (including phenoxy) is 1. The fraction of sp³-hybridized carbons (Fsp3) is 0.909. The van der Waals surface area contributed by atoms with Crippen molar-refractivity contribution < 1.29 is 9.53 Å². The van der Waals surface area contributed by atoms with Crippen molar-refractivity contribution in [2.75, 3.05) is 23.9 Å². The van der Waals surface area contributed by atoms with Crippen LogP contribution in [0.15, 0.2) is 0 Å². The summed E-state index contributed by atoms with van der Waals surface area (Å²) < 4.78 is 5.33. The van der Waals surface area contributed by atoms with Gasteiger partial charge in [-0.3, -0.25) is 4.79 Å². The van der Waals surface area contributed by atoms with Crippen molar-refractivity contribution in [3.05, 3.63) is 0 Å². The highest BCUT2D eigenvalue weighted by Gasteiger charge is 2.31. The van der Waals surface area contributed by atoms with E-state index in [1.807, 2.05) is 0 Å². The van der Waals surface area contributed by atoms with Gasteiger partial charge in [-0.2, -0.15) is 0 Å². The number of amides is 1. The third kappa shape index (κ3) is 3.70. The number of rotatable bonds is 5. The van der Waals surface area contributed by atoms with E-state index in [1.54, 1.807) is 0 Å². The van der Waals surface area contributed by atoms with Crippen LogP contribution in [0.25, 0.3) is 0 Å². The molecule has 1 aliphatic rings. The summed E-state index contributed by atoms with van der Waals surface area (Å²) >= 11 is 6.94. The summed E-state index contributed by atoms with van der Waals surface area (Å²) in [6.07, 6.45) is 2.83. The summed E-state index contributed by atoms with van der Waals surface area (Å²) in [4.78, 5) is 12.1. The van der Waals surface area contributed by atoms with Gasteiger partial charge in [0.15, 0.2) is 0 Å². The van der Waals surface area contributed by atoms with Crippen LogP contribution in [0.1, 0.15) is 26.2 Å². The van der Waals surface area contributed by atoms with Crippen LogP contribution in [0.5, 0.6) is 0 Å². The van der Waals surface area contributed by atoms with Crippen LogP contribution >= 0.6 is 31.9 Å². The number of carbonyl (C=O) groups excluding carboxylic acids is 1. The maximum Gasteiger partial charge on any atom is 0.225 e. The molecule has 1 fully saturated rings. The lowest BCUT2D eigenvalue weighted by atomic mass is 9.97. The first kappa shape index (κ1) is 14.5. The van der Waals surface area contributed by atoms with Crippen molar-refractivity contribution >= 4 is 37.8 Å². The summed E-state index contributed by atoms with van der Waals surface area (Å²) in [6, 6.07) is 0. The van der Waals surface area contributed by atoms with Crippen molar-refractivity contribution in [1.29, 1.82) is 0 Å². The number of halogens is 2. The van der Waals surface area contributed by atoms with E-state index in [2.05, 4.69) is 44.1 Å². The number of alkyl halides is 2. The average molecular weight is 357 g/mol. The molecular formula is C11H19Br2NO2. The topological polar surface area (TPSA) is 38.3 Å². The highest BCUT2D eigenvalue weighted by atomic mass is 79.9. The zero-order chi connectivity index (χ0) is 12.0. The zero-order valence-electron chi connectivity index (χ0n) is 9.60. The third-order valence-electron chi connectivity index (χ3n) is 3.11. The van der Waals surface area contributed by atoms with E-state index < -0.39 is 0 Å². The Bertz CT molecular complexity index is 218. The van der Waals surface area contributed by atoms with Gasteiger partial charge in [-0.25, -0.2) is 0 Å². The highest BCUT2D eigenvalue weighted by molar-refractivity contribution is 9.09. The number of hydrogen-bond acceptors (Lipinski definition) is 2. The van der Waals surface area contributed by atoms with Gasteiger partial charge in [-0.1, -0.05) is 38.8 Å². The van der Waals surface area contributed by atoms with Gasteiger partial charge in [-0.05, 0) is 19.3 Å². The van der Waals surface area contributed by atoms with Gasteiger partial charge in [0.05, 0.1) is 18.1 Å². The van der Waals surface area contributed by atoms with Crippen molar-refractivity contribution in [2.24, 2.45) is 5.92 Å². The van der Waals surface area contributed by atoms with Gasteiger partial charge in [0.1, 0.15) is 0 Å². The molecule has 0 aromatic rings. The zero-order valence-corrected chi connectivity index (χ0v) is 12.8. The summed E-state index contributed by atoms with van der Waals surface area (Å²) in [7, 11) is 0. The first-order chi connectivity index (χ1) is 7.67. The lowest BCUT2D eigenvalue weighted by molar-refractivity contribution is -0.130. The fourth-order valence-corrected chi connectivity index (χ4v) is 3.69. The van der Waals surface area contributed by atoms with Crippen LogP contribution in [0, 0.1) is 5.92 Å². The van der Waals surface area contributed by atoms with Gasteiger partial charge < -0.3 is 10.1 Å². The Morgan fingerprint density at radius 2 is 2.19 bits per heavy atom. The minimum atomic E-state index is -0.172. The van der Waals surface area contributed by atoms with E-state index in [0.29, 0.717) is 6.61 Å². The second kappa shape index (κ2) is 6.97. The molecule has 1 N–H and O–H groups in total. The quantitative estimate of drug-likeness (QED) is 0.768. The van der Waals surface area contributed by atoms with E-state index in [0.717, 1.165) is 36.5 Å². The van der Waals surface area contributed by atoms with Crippen molar-refractivity contribution in [3.63, 3.8) is 0 Å². The van der Waals surface area contributed by atoms with Crippen molar-refractivity contribution in [3.8, 4) is 0 Å². The molecular weight excluding hydrogens is 338 g/mol. The molecule has 1 unspecified atom stereocenters. The van der Waals surface area contributed by atoms with Crippen LogP contribution in [0.3, 0.4) is 0 Å². The smallest absolute Gasteiger partial charge is 0.225 e. The molecule has 0 aliphatic carbocycles. The molecule has 0 saturated carbocycles. The lowest BCUT2D eigenvalue weighted by Gasteiger charge is -2.32. The van der Waals surface area contributed by atoms with Crippen LogP contribution in [0.4, 0.5) is 0 Å². The highest BCUT2D eigenvalue weighted by Crippen LogP contribution is 2.20. The minimum absolute atomic E-state index is 0.0257. The molecule has 0 bridgehead atoms. The normalized spacial score (nSPS) is 21.8. The van der Waals surface area contributed by atoms with Crippen molar-refractivity contribution in [1.82, 2.24) is 5.32 Å². The number of nitrogens with one attached hydrogen (secondary N) is 1. The third-order valence-corrected chi connectivity index (χ3v) is 5.25. The Kier molecular flexibility index (Phi) is 6.29. The number of carbonyl (C=O) groups is 1. The standard InChI is InChI=1S/C11H19Br2NO2/c1-2-11(7-12,8-13)14-10(15)9-4-3-5-16-6-9/h9H,2-8H2,1H3,(H,14,15). The van der Waals surface area contributed by atoms with Crippen LogP contribution in [-0.2, 0) is 9.53 Å². The van der Waals surface area contributed by atoms with Gasteiger partial charge in [-0.15, -0.1) is 0 Å². The molecule has 94 valence electrons. The SMILES string of the molecule is CCC(CBr)(CBr)NC(=O)C1CCCOC1. The molecule has 16 heavy (non-hydrogen) atoms. The van der Waals surface area contributed by atoms with E-state index in [-0.39, 0.29) is 17.4 Å². The van der Waals surface area contributed by atoms with Gasteiger partial charge in [0, 0.05) is 17.3 Å². The predicted molar refractivity (Wildman–Crippen MR) is 72.3 cm³/mol. The maximum absolute atomic E-state index is 12.1. The first-order valence-corrected chi connectivity index (χ1v) is 7.93. The second-order valence-electron chi connectivity index (χ2n) is 4.30. The maximum atomic E-state index is 12.1. The Morgan fingerprint density at radius 3 is 2.62 bits per heavy atom. The molecule has 5 heteroatoms. The molecule has 1 amide bonds. The van der Waals surface area contributed by atoms with E-state index in [4.69, 9.17) is 4.74 Å². The minimum Gasteiger partial charge on any atom is -0.381 e. The fourth-order valence-electron chi connectivity index (χ4n) is 1.69. The van der Waals surface area contributed by atoms with Crippen LogP contribution < -0.4 is 5.32 Å². The summed E-state index contributed by atoms with van der Waals surface area (Å²) in [5, 5.41) is 4.67. The summed E-state index contributed by atoms with van der Waals surface area (Å²) in [6.45, 7) is 3.44. The molecule has 1 rings (SSSR count). The Balaban J connectivity index is 2.53. The largest absolute Gasteiger partial charge is 0.381 e. The summed E-state index contributed by atoms with van der Waals surface area (Å²) in [5.74, 6) is 0.151. The van der Waals surface area contributed by atoms with Crippen molar-refractivity contribution in [2.45, 2.75) is 31.7 Å². The lowest BCUT2D eigenvalue weighted by Crippen LogP contribution is -2.53.